The Balaban J connectivity index is 1.43. The molecule has 1 heterocycles. The lowest BCUT2D eigenvalue weighted by Crippen LogP contribution is -2.51. The Hall–Kier alpha value is -2.77. The second kappa shape index (κ2) is 11.0. The number of nitrogens with zero attached hydrogens (tertiary/aromatic N) is 2. The normalized spacial score (nSPS) is 15.4. The predicted molar refractivity (Wildman–Crippen MR) is 119 cm³/mol. The molecule has 1 fully saturated rings. The number of carbonyl (C=O) groups is 2. The van der Waals surface area contributed by atoms with E-state index >= 15 is 0 Å². The van der Waals surface area contributed by atoms with Gasteiger partial charge in [-0.1, -0.05) is 23.7 Å². The molecule has 1 aliphatic heterocycles. The number of rotatable bonds is 9. The molecule has 1 unspecified atom stereocenters. The van der Waals surface area contributed by atoms with Gasteiger partial charge in [0.15, 0.2) is 0 Å². The van der Waals surface area contributed by atoms with Gasteiger partial charge in [-0.2, -0.15) is 0 Å². The Kier molecular flexibility index (Phi) is 8.14. The smallest absolute Gasteiger partial charge is 0.239 e. The fourth-order valence-corrected chi connectivity index (χ4v) is 3.80. The zero-order valence-electron chi connectivity index (χ0n) is 17.6. The molecule has 2 amide bonds. The Morgan fingerprint density at radius 2 is 1.61 bits per heavy atom. The standard InChI is InChI=1S/C23H28ClN3O4/c1-30-19-8-10-20(11-9-19)31-16-2-3-21(28)26-12-14-27(15-13-26)22(23(25)29)17-4-6-18(24)7-5-17/h4-11,22H,2-3,12-16H2,1H3,(H2,25,29). The van der Waals surface area contributed by atoms with Crippen molar-refractivity contribution in [2.24, 2.45) is 5.73 Å². The highest BCUT2D eigenvalue weighted by atomic mass is 35.5. The van der Waals surface area contributed by atoms with Gasteiger partial charge in [0.2, 0.25) is 11.8 Å². The molecule has 1 saturated heterocycles. The van der Waals surface area contributed by atoms with Crippen LogP contribution in [0.3, 0.4) is 0 Å². The van der Waals surface area contributed by atoms with Crippen molar-refractivity contribution in [3.05, 3.63) is 59.1 Å². The topological polar surface area (TPSA) is 85.1 Å². The number of methoxy groups -OCH3 is 1. The average molecular weight is 446 g/mol. The summed E-state index contributed by atoms with van der Waals surface area (Å²) in [5.41, 5.74) is 6.47. The maximum absolute atomic E-state index is 12.5. The van der Waals surface area contributed by atoms with E-state index in [1.165, 1.54) is 0 Å². The van der Waals surface area contributed by atoms with Gasteiger partial charge in [-0.05, 0) is 48.4 Å². The molecule has 0 saturated carbocycles. The number of nitrogens with two attached hydrogens (primary N) is 1. The van der Waals surface area contributed by atoms with Crippen LogP contribution in [0.4, 0.5) is 0 Å². The number of ether oxygens (including phenoxy) is 2. The third-order valence-electron chi connectivity index (χ3n) is 5.35. The molecule has 2 N–H and O–H groups in total. The molecular formula is C23H28ClN3O4. The lowest BCUT2D eigenvalue weighted by atomic mass is 10.0. The fraction of sp³-hybridized carbons (Fsp3) is 0.391. The van der Waals surface area contributed by atoms with Crippen LogP contribution in [0.25, 0.3) is 0 Å². The van der Waals surface area contributed by atoms with Gasteiger partial charge in [-0.15, -0.1) is 0 Å². The van der Waals surface area contributed by atoms with E-state index in [1.807, 2.05) is 46.2 Å². The highest BCUT2D eigenvalue weighted by Crippen LogP contribution is 2.24. The molecule has 1 atom stereocenters. The van der Waals surface area contributed by atoms with Crippen molar-refractivity contribution in [2.75, 3.05) is 39.9 Å². The summed E-state index contributed by atoms with van der Waals surface area (Å²) in [6.45, 7) is 2.78. The Morgan fingerprint density at radius 1 is 1.00 bits per heavy atom. The first-order chi connectivity index (χ1) is 15.0. The van der Waals surface area contributed by atoms with Crippen molar-refractivity contribution in [3.8, 4) is 11.5 Å². The number of hydrogen-bond donors (Lipinski definition) is 1. The first-order valence-corrected chi connectivity index (χ1v) is 10.7. The van der Waals surface area contributed by atoms with E-state index in [0.717, 1.165) is 17.1 Å². The highest BCUT2D eigenvalue weighted by Gasteiger charge is 2.30. The molecule has 3 rings (SSSR count). The zero-order valence-corrected chi connectivity index (χ0v) is 18.4. The lowest BCUT2D eigenvalue weighted by Gasteiger charge is -2.38. The largest absolute Gasteiger partial charge is 0.497 e. The van der Waals surface area contributed by atoms with Crippen LogP contribution in [0.2, 0.25) is 5.02 Å². The van der Waals surface area contributed by atoms with Crippen molar-refractivity contribution >= 4 is 23.4 Å². The summed E-state index contributed by atoms with van der Waals surface area (Å²) in [6.07, 6.45) is 1.06. The summed E-state index contributed by atoms with van der Waals surface area (Å²) in [5, 5.41) is 0.610. The Morgan fingerprint density at radius 3 is 2.19 bits per heavy atom. The zero-order chi connectivity index (χ0) is 22.2. The van der Waals surface area contributed by atoms with Crippen molar-refractivity contribution < 1.29 is 19.1 Å². The van der Waals surface area contributed by atoms with Crippen LogP contribution in [0.1, 0.15) is 24.4 Å². The maximum Gasteiger partial charge on any atom is 0.239 e. The summed E-state index contributed by atoms with van der Waals surface area (Å²) >= 11 is 5.95. The van der Waals surface area contributed by atoms with Crippen molar-refractivity contribution in [1.29, 1.82) is 0 Å². The molecule has 0 radical (unpaired) electrons. The molecule has 2 aromatic carbocycles. The van der Waals surface area contributed by atoms with Gasteiger partial charge in [0.25, 0.3) is 0 Å². The summed E-state index contributed by atoms with van der Waals surface area (Å²) in [5.74, 6) is 1.22. The molecular weight excluding hydrogens is 418 g/mol. The quantitative estimate of drug-likeness (QED) is 0.600. The second-order valence-electron chi connectivity index (χ2n) is 7.40. The summed E-state index contributed by atoms with van der Waals surface area (Å²) in [7, 11) is 1.62. The van der Waals surface area contributed by atoms with E-state index in [1.54, 1.807) is 19.2 Å². The minimum Gasteiger partial charge on any atom is -0.497 e. The molecule has 31 heavy (non-hydrogen) atoms. The number of primary amides is 1. The SMILES string of the molecule is COc1ccc(OCCCC(=O)N2CCN(C(C(N)=O)c3ccc(Cl)cc3)CC2)cc1. The molecule has 2 aromatic rings. The van der Waals surface area contributed by atoms with E-state index < -0.39 is 11.9 Å². The number of piperazine rings is 1. The number of carbonyl (C=O) groups excluding carboxylic acids is 2. The van der Waals surface area contributed by atoms with Crippen LogP contribution in [0, 0.1) is 0 Å². The molecule has 0 bridgehead atoms. The molecule has 1 aliphatic rings. The van der Waals surface area contributed by atoms with Crippen molar-refractivity contribution in [1.82, 2.24) is 9.80 Å². The molecule has 0 aliphatic carbocycles. The van der Waals surface area contributed by atoms with E-state index in [0.29, 0.717) is 50.7 Å². The second-order valence-corrected chi connectivity index (χ2v) is 7.84. The van der Waals surface area contributed by atoms with Gasteiger partial charge in [-0.3, -0.25) is 14.5 Å². The van der Waals surface area contributed by atoms with E-state index in [-0.39, 0.29) is 5.91 Å². The van der Waals surface area contributed by atoms with Gasteiger partial charge >= 0.3 is 0 Å². The van der Waals surface area contributed by atoms with Crippen LogP contribution in [0.15, 0.2) is 48.5 Å². The van der Waals surface area contributed by atoms with Crippen LogP contribution in [0.5, 0.6) is 11.5 Å². The van der Waals surface area contributed by atoms with Gasteiger partial charge in [-0.25, -0.2) is 0 Å². The Labute approximate surface area is 187 Å². The summed E-state index contributed by atoms with van der Waals surface area (Å²) in [6, 6.07) is 14.0. The Bertz CT molecular complexity index is 865. The van der Waals surface area contributed by atoms with Gasteiger partial charge < -0.3 is 20.1 Å². The first kappa shape index (κ1) is 22.9. The molecule has 8 heteroatoms. The third-order valence-corrected chi connectivity index (χ3v) is 5.60. The third kappa shape index (κ3) is 6.35. The maximum atomic E-state index is 12.5. The van der Waals surface area contributed by atoms with Crippen molar-refractivity contribution in [2.45, 2.75) is 18.9 Å². The molecule has 0 spiro atoms. The molecule has 7 nitrogen and oxygen atoms in total. The van der Waals surface area contributed by atoms with Crippen LogP contribution >= 0.6 is 11.6 Å². The van der Waals surface area contributed by atoms with Crippen LogP contribution in [-0.4, -0.2) is 61.5 Å². The van der Waals surface area contributed by atoms with Crippen LogP contribution in [-0.2, 0) is 9.59 Å². The summed E-state index contributed by atoms with van der Waals surface area (Å²) in [4.78, 5) is 28.5. The van der Waals surface area contributed by atoms with Crippen LogP contribution < -0.4 is 15.2 Å². The first-order valence-electron chi connectivity index (χ1n) is 10.3. The fourth-order valence-electron chi connectivity index (χ4n) is 3.67. The van der Waals surface area contributed by atoms with E-state index in [9.17, 15) is 9.59 Å². The van der Waals surface area contributed by atoms with Gasteiger partial charge in [0.05, 0.1) is 13.7 Å². The molecule has 166 valence electrons. The number of amides is 2. The monoisotopic (exact) mass is 445 g/mol. The molecule has 0 aromatic heterocycles. The minimum atomic E-state index is -0.521. The number of halogens is 1. The van der Waals surface area contributed by atoms with Gasteiger partial charge in [0.1, 0.15) is 17.5 Å². The van der Waals surface area contributed by atoms with E-state index in [2.05, 4.69) is 0 Å². The minimum absolute atomic E-state index is 0.0973. The van der Waals surface area contributed by atoms with Gasteiger partial charge in [0, 0.05) is 37.6 Å². The average Bonchev–Trinajstić information content (AvgIpc) is 2.78. The van der Waals surface area contributed by atoms with E-state index in [4.69, 9.17) is 26.8 Å². The summed E-state index contributed by atoms with van der Waals surface area (Å²) < 4.78 is 10.8. The van der Waals surface area contributed by atoms with Crippen molar-refractivity contribution in [3.63, 3.8) is 0 Å². The lowest BCUT2D eigenvalue weighted by molar-refractivity contribution is -0.134. The highest BCUT2D eigenvalue weighted by molar-refractivity contribution is 6.30. The predicted octanol–water partition coefficient (Wildman–Crippen LogP) is 2.88. The number of hydrogen-bond acceptors (Lipinski definition) is 5. The number of benzene rings is 2.